The van der Waals surface area contributed by atoms with Crippen LogP contribution in [0, 0.1) is 0 Å². The van der Waals surface area contributed by atoms with Crippen LogP contribution < -0.4 is 11.1 Å². The van der Waals surface area contributed by atoms with E-state index in [1.54, 1.807) is 11.0 Å². The Kier molecular flexibility index (Phi) is 5.01. The van der Waals surface area contributed by atoms with E-state index in [9.17, 15) is 14.4 Å². The maximum absolute atomic E-state index is 12.7. The van der Waals surface area contributed by atoms with Crippen molar-refractivity contribution in [3.05, 3.63) is 68.8 Å². The SMILES string of the molecule is O=C(CCc1nc2ccccc2[nH]c1=O)N1CCC[C@H](c2cc(=O)[nH]cn2)C1. The summed E-state index contributed by atoms with van der Waals surface area (Å²) in [5, 5.41) is 0. The highest BCUT2D eigenvalue weighted by atomic mass is 16.2. The van der Waals surface area contributed by atoms with E-state index in [0.717, 1.165) is 12.8 Å². The first-order valence-corrected chi connectivity index (χ1v) is 9.40. The van der Waals surface area contributed by atoms with Crippen LogP contribution in [-0.2, 0) is 11.2 Å². The van der Waals surface area contributed by atoms with Crippen molar-refractivity contribution in [3.63, 3.8) is 0 Å². The molecule has 28 heavy (non-hydrogen) atoms. The molecule has 2 aromatic heterocycles. The van der Waals surface area contributed by atoms with Crippen LogP contribution in [0.2, 0.25) is 0 Å². The lowest BCUT2D eigenvalue weighted by Crippen LogP contribution is -2.39. The van der Waals surface area contributed by atoms with Gasteiger partial charge in [-0.1, -0.05) is 12.1 Å². The molecule has 1 aliphatic rings. The second-order valence-electron chi connectivity index (χ2n) is 7.04. The van der Waals surface area contributed by atoms with Crippen molar-refractivity contribution in [2.45, 2.75) is 31.6 Å². The van der Waals surface area contributed by atoms with Gasteiger partial charge in [-0.05, 0) is 25.0 Å². The summed E-state index contributed by atoms with van der Waals surface area (Å²) in [6.45, 7) is 1.22. The summed E-state index contributed by atoms with van der Waals surface area (Å²) in [6, 6.07) is 8.83. The van der Waals surface area contributed by atoms with Crippen molar-refractivity contribution in [3.8, 4) is 0 Å². The molecule has 3 aromatic rings. The topological polar surface area (TPSA) is 112 Å². The first-order valence-electron chi connectivity index (χ1n) is 9.40. The third-order valence-corrected chi connectivity index (χ3v) is 5.14. The number of carbonyl (C=O) groups is 1. The number of hydrogen-bond acceptors (Lipinski definition) is 5. The number of aryl methyl sites for hydroxylation is 1. The number of H-pyrrole nitrogens is 2. The minimum absolute atomic E-state index is 0.0103. The van der Waals surface area contributed by atoms with Crippen LogP contribution in [0.25, 0.3) is 11.0 Å². The van der Waals surface area contributed by atoms with E-state index < -0.39 is 0 Å². The molecule has 2 N–H and O–H groups in total. The number of aromatic amines is 2. The van der Waals surface area contributed by atoms with Crippen molar-refractivity contribution in [1.82, 2.24) is 24.8 Å². The summed E-state index contributed by atoms with van der Waals surface area (Å²) in [7, 11) is 0. The van der Waals surface area contributed by atoms with Crippen molar-refractivity contribution in [2.75, 3.05) is 13.1 Å². The Morgan fingerprint density at radius 1 is 1.25 bits per heavy atom. The number of likely N-dealkylation sites (tertiary alicyclic amines) is 1. The average Bonchev–Trinajstić information content (AvgIpc) is 2.72. The molecule has 3 heterocycles. The number of rotatable bonds is 4. The Balaban J connectivity index is 1.43. The minimum Gasteiger partial charge on any atom is -0.342 e. The zero-order valence-corrected chi connectivity index (χ0v) is 15.4. The lowest BCUT2D eigenvalue weighted by atomic mass is 9.94. The number of benzene rings is 1. The van der Waals surface area contributed by atoms with Gasteiger partial charge in [0.05, 0.1) is 23.1 Å². The molecular formula is C20H21N5O3. The van der Waals surface area contributed by atoms with E-state index in [1.165, 1.54) is 12.4 Å². The molecule has 0 bridgehead atoms. The Morgan fingerprint density at radius 3 is 2.96 bits per heavy atom. The van der Waals surface area contributed by atoms with E-state index in [2.05, 4.69) is 19.9 Å². The van der Waals surface area contributed by atoms with Crippen LogP contribution in [0.3, 0.4) is 0 Å². The third-order valence-electron chi connectivity index (χ3n) is 5.14. The van der Waals surface area contributed by atoms with E-state index in [4.69, 9.17) is 0 Å². The highest BCUT2D eigenvalue weighted by molar-refractivity contribution is 5.77. The summed E-state index contributed by atoms with van der Waals surface area (Å²) in [4.78, 5) is 52.2. The average molecular weight is 379 g/mol. The fourth-order valence-corrected chi connectivity index (χ4v) is 3.67. The van der Waals surface area contributed by atoms with Crippen LogP contribution in [0.1, 0.15) is 36.6 Å². The van der Waals surface area contributed by atoms with Crippen LogP contribution in [0.4, 0.5) is 0 Å². The monoisotopic (exact) mass is 379 g/mol. The van der Waals surface area contributed by atoms with E-state index in [1.807, 2.05) is 18.2 Å². The number of piperidine rings is 1. The van der Waals surface area contributed by atoms with Gasteiger partial charge in [-0.15, -0.1) is 0 Å². The maximum Gasteiger partial charge on any atom is 0.270 e. The minimum atomic E-state index is -0.254. The van der Waals surface area contributed by atoms with E-state index in [0.29, 0.717) is 41.9 Å². The molecule has 0 unspecified atom stereocenters. The largest absolute Gasteiger partial charge is 0.342 e. The fraction of sp³-hybridized carbons (Fsp3) is 0.350. The molecule has 0 spiro atoms. The van der Waals surface area contributed by atoms with E-state index >= 15 is 0 Å². The normalized spacial score (nSPS) is 17.0. The second-order valence-corrected chi connectivity index (χ2v) is 7.04. The van der Waals surface area contributed by atoms with Crippen molar-refractivity contribution in [1.29, 1.82) is 0 Å². The van der Waals surface area contributed by atoms with Gasteiger partial charge < -0.3 is 14.9 Å². The van der Waals surface area contributed by atoms with Gasteiger partial charge in [0.1, 0.15) is 5.69 Å². The summed E-state index contributed by atoms with van der Waals surface area (Å²) in [6.07, 6.45) is 3.68. The number of para-hydroxylation sites is 2. The van der Waals surface area contributed by atoms with Crippen molar-refractivity contribution >= 4 is 16.9 Å². The lowest BCUT2D eigenvalue weighted by molar-refractivity contribution is -0.132. The first kappa shape index (κ1) is 18.1. The smallest absolute Gasteiger partial charge is 0.270 e. The van der Waals surface area contributed by atoms with Gasteiger partial charge >= 0.3 is 0 Å². The number of nitrogens with one attached hydrogen (secondary N) is 2. The summed E-state index contributed by atoms with van der Waals surface area (Å²) in [5.74, 6) is 0.0473. The fourth-order valence-electron chi connectivity index (χ4n) is 3.67. The molecule has 1 aromatic carbocycles. The number of nitrogens with zero attached hydrogens (tertiary/aromatic N) is 3. The Morgan fingerprint density at radius 2 is 2.11 bits per heavy atom. The predicted octanol–water partition coefficient (Wildman–Crippen LogP) is 1.35. The zero-order valence-electron chi connectivity index (χ0n) is 15.4. The molecule has 1 fully saturated rings. The zero-order chi connectivity index (χ0) is 19.5. The third kappa shape index (κ3) is 3.85. The molecule has 0 saturated carbocycles. The van der Waals surface area contributed by atoms with Crippen molar-refractivity contribution < 1.29 is 4.79 Å². The second kappa shape index (κ2) is 7.75. The van der Waals surface area contributed by atoms with Gasteiger partial charge in [0.25, 0.3) is 11.1 Å². The van der Waals surface area contributed by atoms with Crippen LogP contribution in [0.15, 0.2) is 46.2 Å². The molecule has 4 rings (SSSR count). The molecule has 0 aliphatic carbocycles. The van der Waals surface area contributed by atoms with Crippen molar-refractivity contribution in [2.24, 2.45) is 0 Å². The standard InChI is InChI=1S/C20H21N5O3/c26-18-10-17(21-12-22-18)13-4-3-9-25(11-13)19(27)8-7-16-20(28)24-15-6-2-1-5-14(15)23-16/h1-2,5-6,10,12-13H,3-4,7-9,11H2,(H,24,28)(H,21,22,26)/t13-/m0/s1. The summed E-state index contributed by atoms with van der Waals surface area (Å²) < 4.78 is 0. The van der Waals surface area contributed by atoms with Gasteiger partial charge in [-0.25, -0.2) is 9.97 Å². The molecule has 1 saturated heterocycles. The Labute approximate surface area is 160 Å². The van der Waals surface area contributed by atoms with Crippen LogP contribution in [-0.4, -0.2) is 43.8 Å². The highest BCUT2D eigenvalue weighted by Crippen LogP contribution is 2.25. The predicted molar refractivity (Wildman–Crippen MR) is 104 cm³/mol. The maximum atomic E-state index is 12.7. The lowest BCUT2D eigenvalue weighted by Gasteiger charge is -2.32. The quantitative estimate of drug-likeness (QED) is 0.711. The molecule has 1 amide bonds. The summed E-state index contributed by atoms with van der Waals surface area (Å²) in [5.41, 5.74) is 2.05. The number of carbonyl (C=O) groups excluding carboxylic acids is 1. The van der Waals surface area contributed by atoms with Gasteiger partial charge in [0.2, 0.25) is 5.91 Å². The van der Waals surface area contributed by atoms with E-state index in [-0.39, 0.29) is 29.4 Å². The van der Waals surface area contributed by atoms with Gasteiger partial charge in [-0.3, -0.25) is 14.4 Å². The van der Waals surface area contributed by atoms with Crippen LogP contribution in [0.5, 0.6) is 0 Å². The molecular weight excluding hydrogens is 358 g/mol. The van der Waals surface area contributed by atoms with Gasteiger partial charge in [0.15, 0.2) is 0 Å². The molecule has 0 radical (unpaired) electrons. The number of fused-ring (bicyclic) bond motifs is 1. The van der Waals surface area contributed by atoms with Gasteiger partial charge in [0, 0.05) is 37.9 Å². The molecule has 8 heteroatoms. The Bertz CT molecular complexity index is 1120. The number of hydrogen-bond donors (Lipinski definition) is 2. The highest BCUT2D eigenvalue weighted by Gasteiger charge is 2.25. The molecule has 1 atom stereocenters. The Hall–Kier alpha value is -3.29. The van der Waals surface area contributed by atoms with Crippen LogP contribution >= 0.6 is 0 Å². The molecule has 1 aliphatic heterocycles. The first-order chi connectivity index (χ1) is 13.6. The number of aromatic nitrogens is 4. The van der Waals surface area contributed by atoms with Gasteiger partial charge in [-0.2, -0.15) is 0 Å². The molecule has 8 nitrogen and oxygen atoms in total. The summed E-state index contributed by atoms with van der Waals surface area (Å²) >= 11 is 0. The number of amides is 1. The molecule has 144 valence electrons.